The Kier molecular flexibility index (Phi) is 3.95. The van der Waals surface area contributed by atoms with Gasteiger partial charge in [-0.3, -0.25) is 0 Å². The van der Waals surface area contributed by atoms with Gasteiger partial charge in [-0.05, 0) is 54.7 Å². The number of hydrogen-bond acceptors (Lipinski definition) is 3. The van der Waals surface area contributed by atoms with Crippen molar-refractivity contribution in [2.45, 2.75) is 30.7 Å². The second kappa shape index (κ2) is 5.79. The summed E-state index contributed by atoms with van der Waals surface area (Å²) >= 11 is 0. The van der Waals surface area contributed by atoms with Gasteiger partial charge in [-0.2, -0.15) is 0 Å². The zero-order valence-corrected chi connectivity index (χ0v) is 13.4. The largest absolute Gasteiger partial charge is 0.478 e. The van der Waals surface area contributed by atoms with Gasteiger partial charge < -0.3 is 5.11 Å². The highest BCUT2D eigenvalue weighted by molar-refractivity contribution is 7.89. The zero-order valence-electron chi connectivity index (χ0n) is 12.6. The Morgan fingerprint density at radius 3 is 2.65 bits per heavy atom. The summed E-state index contributed by atoms with van der Waals surface area (Å²) in [7, 11) is -3.65. The molecule has 0 spiro atoms. The number of carboxylic acids is 1. The van der Waals surface area contributed by atoms with Crippen molar-refractivity contribution in [3.63, 3.8) is 0 Å². The highest BCUT2D eigenvalue weighted by Gasteiger charge is 2.28. The lowest BCUT2D eigenvalue weighted by Gasteiger charge is -2.16. The molecule has 1 atom stereocenters. The number of sulfonamides is 1. The summed E-state index contributed by atoms with van der Waals surface area (Å²) in [6.45, 7) is 1.75. The number of rotatable bonds is 4. The number of carboxylic acid groups (broad SMARTS) is 1. The molecule has 0 heterocycles. The van der Waals surface area contributed by atoms with Crippen molar-refractivity contribution < 1.29 is 18.3 Å². The first-order valence-corrected chi connectivity index (χ1v) is 8.81. The number of aryl methyl sites for hydroxylation is 2. The van der Waals surface area contributed by atoms with Gasteiger partial charge in [0.15, 0.2) is 0 Å². The van der Waals surface area contributed by atoms with Gasteiger partial charge in [0.25, 0.3) is 0 Å². The Labute approximate surface area is 135 Å². The molecule has 1 aliphatic carbocycles. The summed E-state index contributed by atoms with van der Waals surface area (Å²) in [4.78, 5) is 11.4. The van der Waals surface area contributed by atoms with Crippen LogP contribution in [-0.4, -0.2) is 19.5 Å². The third-order valence-corrected chi connectivity index (χ3v) is 5.78. The van der Waals surface area contributed by atoms with Crippen LogP contribution in [0.3, 0.4) is 0 Å². The van der Waals surface area contributed by atoms with Crippen LogP contribution >= 0.6 is 0 Å². The molecule has 0 aromatic heterocycles. The number of fused-ring (bicyclic) bond motifs is 1. The fraction of sp³-hybridized carbons (Fsp3) is 0.235. The normalized spacial score (nSPS) is 17.0. The van der Waals surface area contributed by atoms with Crippen molar-refractivity contribution in [3.8, 4) is 0 Å². The first kappa shape index (κ1) is 15.7. The van der Waals surface area contributed by atoms with E-state index in [1.165, 1.54) is 0 Å². The quantitative estimate of drug-likeness (QED) is 0.902. The van der Waals surface area contributed by atoms with E-state index in [4.69, 9.17) is 5.11 Å². The zero-order chi connectivity index (χ0) is 16.6. The predicted molar refractivity (Wildman–Crippen MR) is 86.0 cm³/mol. The highest BCUT2D eigenvalue weighted by Crippen LogP contribution is 2.33. The van der Waals surface area contributed by atoms with Crippen LogP contribution in [0.2, 0.25) is 0 Å². The van der Waals surface area contributed by atoms with Crippen LogP contribution in [0.15, 0.2) is 47.4 Å². The summed E-state index contributed by atoms with van der Waals surface area (Å²) < 4.78 is 27.9. The molecule has 0 saturated carbocycles. The molecular weight excluding hydrogens is 314 g/mol. The smallest absolute Gasteiger partial charge is 0.335 e. The standard InChI is InChI=1S/C17H17NO4S/c1-11-4-2-3-5-16(11)23(21,22)18-15-9-8-12-6-7-13(17(19)20)10-14(12)15/h2-7,10,15,18H,8-9H2,1H3,(H,19,20). The van der Waals surface area contributed by atoms with E-state index in [2.05, 4.69) is 4.72 Å². The molecule has 23 heavy (non-hydrogen) atoms. The minimum Gasteiger partial charge on any atom is -0.478 e. The Morgan fingerprint density at radius 2 is 1.96 bits per heavy atom. The Hall–Kier alpha value is -2.18. The van der Waals surface area contributed by atoms with Crippen LogP contribution in [-0.2, 0) is 16.4 Å². The van der Waals surface area contributed by atoms with E-state index in [0.717, 1.165) is 17.5 Å². The number of aromatic carboxylic acids is 1. The number of hydrogen-bond donors (Lipinski definition) is 2. The van der Waals surface area contributed by atoms with Crippen molar-refractivity contribution in [2.75, 3.05) is 0 Å². The molecule has 0 fully saturated rings. The molecule has 0 saturated heterocycles. The molecule has 0 aliphatic heterocycles. The molecule has 0 radical (unpaired) electrons. The fourth-order valence-electron chi connectivity index (χ4n) is 2.97. The maximum Gasteiger partial charge on any atom is 0.335 e. The molecule has 0 amide bonds. The third-order valence-electron chi connectivity index (χ3n) is 4.15. The molecule has 5 nitrogen and oxygen atoms in total. The topological polar surface area (TPSA) is 83.5 Å². The number of nitrogens with one attached hydrogen (secondary N) is 1. The highest BCUT2D eigenvalue weighted by atomic mass is 32.2. The van der Waals surface area contributed by atoms with Gasteiger partial charge in [-0.25, -0.2) is 17.9 Å². The van der Waals surface area contributed by atoms with Gasteiger partial charge in [0.1, 0.15) is 0 Å². The molecular formula is C17H17NO4S. The van der Waals surface area contributed by atoms with Gasteiger partial charge >= 0.3 is 5.97 Å². The second-order valence-corrected chi connectivity index (χ2v) is 7.38. The van der Waals surface area contributed by atoms with E-state index in [0.29, 0.717) is 12.0 Å². The van der Waals surface area contributed by atoms with Crippen molar-refractivity contribution >= 4 is 16.0 Å². The lowest BCUT2D eigenvalue weighted by molar-refractivity contribution is 0.0696. The van der Waals surface area contributed by atoms with Crippen LogP contribution in [0.5, 0.6) is 0 Å². The van der Waals surface area contributed by atoms with Crippen molar-refractivity contribution in [1.29, 1.82) is 0 Å². The van der Waals surface area contributed by atoms with Crippen molar-refractivity contribution in [3.05, 3.63) is 64.7 Å². The number of benzene rings is 2. The molecule has 1 aliphatic rings. The van der Waals surface area contributed by atoms with Gasteiger partial charge in [0.05, 0.1) is 10.5 Å². The summed E-state index contributed by atoms with van der Waals surface area (Å²) in [6, 6.07) is 11.3. The van der Waals surface area contributed by atoms with Gasteiger partial charge in [-0.15, -0.1) is 0 Å². The van der Waals surface area contributed by atoms with Crippen LogP contribution in [0.25, 0.3) is 0 Å². The Balaban J connectivity index is 1.93. The summed E-state index contributed by atoms with van der Waals surface area (Å²) in [6.07, 6.45) is 1.36. The summed E-state index contributed by atoms with van der Waals surface area (Å²) in [5.74, 6) is -1.01. The molecule has 2 N–H and O–H groups in total. The molecule has 1 unspecified atom stereocenters. The predicted octanol–water partition coefficient (Wildman–Crippen LogP) is 2.66. The molecule has 3 rings (SSSR count). The van der Waals surface area contributed by atoms with E-state index in [-0.39, 0.29) is 10.5 Å². The monoisotopic (exact) mass is 331 g/mol. The van der Waals surface area contributed by atoms with Crippen LogP contribution < -0.4 is 4.72 Å². The average Bonchev–Trinajstić information content (AvgIpc) is 2.89. The van der Waals surface area contributed by atoms with E-state index >= 15 is 0 Å². The first-order valence-electron chi connectivity index (χ1n) is 7.32. The molecule has 2 aromatic rings. The van der Waals surface area contributed by atoms with Crippen molar-refractivity contribution in [2.24, 2.45) is 0 Å². The molecule has 0 bridgehead atoms. The average molecular weight is 331 g/mol. The molecule has 2 aromatic carbocycles. The van der Waals surface area contributed by atoms with E-state index in [1.807, 2.05) is 0 Å². The minimum absolute atomic E-state index is 0.172. The lowest BCUT2D eigenvalue weighted by atomic mass is 10.0. The first-order chi connectivity index (χ1) is 10.9. The van der Waals surface area contributed by atoms with Crippen LogP contribution in [0.1, 0.15) is 39.5 Å². The van der Waals surface area contributed by atoms with E-state index in [9.17, 15) is 13.2 Å². The van der Waals surface area contributed by atoms with Gasteiger partial charge in [0.2, 0.25) is 10.0 Å². The minimum atomic E-state index is -3.65. The fourth-order valence-corrected chi connectivity index (χ4v) is 4.46. The summed E-state index contributed by atoms with van der Waals surface area (Å²) in [5.41, 5.74) is 2.60. The maximum absolute atomic E-state index is 12.6. The maximum atomic E-state index is 12.6. The summed E-state index contributed by atoms with van der Waals surface area (Å²) in [5, 5.41) is 9.11. The third kappa shape index (κ3) is 3.00. The van der Waals surface area contributed by atoms with Crippen LogP contribution in [0.4, 0.5) is 0 Å². The van der Waals surface area contributed by atoms with Crippen molar-refractivity contribution in [1.82, 2.24) is 4.72 Å². The second-order valence-electron chi connectivity index (χ2n) is 5.70. The van der Waals surface area contributed by atoms with E-state index in [1.54, 1.807) is 49.4 Å². The van der Waals surface area contributed by atoms with Crippen LogP contribution in [0, 0.1) is 6.92 Å². The molecule has 120 valence electrons. The Morgan fingerprint density at radius 1 is 1.22 bits per heavy atom. The lowest BCUT2D eigenvalue weighted by Crippen LogP contribution is -2.28. The van der Waals surface area contributed by atoms with Gasteiger partial charge in [0, 0.05) is 6.04 Å². The van der Waals surface area contributed by atoms with Gasteiger partial charge in [-0.1, -0.05) is 24.3 Å². The van der Waals surface area contributed by atoms with E-state index < -0.39 is 22.0 Å². The number of carbonyl (C=O) groups is 1. The Bertz CT molecular complexity index is 874. The SMILES string of the molecule is Cc1ccccc1S(=O)(=O)NC1CCc2ccc(C(=O)O)cc21. The molecule has 6 heteroatoms.